The van der Waals surface area contributed by atoms with Crippen molar-refractivity contribution in [2.24, 2.45) is 0 Å². The maximum absolute atomic E-state index is 12.0. The summed E-state index contributed by atoms with van der Waals surface area (Å²) < 4.78 is 7.31. The number of hydrogen-bond acceptors (Lipinski definition) is 2. The Bertz CT molecular complexity index is 582. The molecule has 1 N–H and O–H groups in total. The summed E-state index contributed by atoms with van der Waals surface area (Å²) in [6.07, 6.45) is 0.760. The lowest BCUT2D eigenvalue weighted by molar-refractivity contribution is 0.0951. The number of nitrogens with one attached hydrogen (secondary N) is 1. The van der Waals surface area contributed by atoms with Crippen LogP contribution in [0.4, 0.5) is 0 Å². The minimum absolute atomic E-state index is 0.0864. The molecule has 0 aliphatic heterocycles. The smallest absolute Gasteiger partial charge is 0.251 e. The molecule has 0 saturated heterocycles. The van der Waals surface area contributed by atoms with E-state index < -0.39 is 0 Å². The number of rotatable bonds is 6. The zero-order chi connectivity index (χ0) is 15.1. The standard InChI is InChI=1S/C16H15Br2NO2/c17-13-9-12(10-14(18)11-13)16(20)19-7-4-8-21-15-5-2-1-3-6-15/h1-3,5-6,9-11H,4,7-8H2,(H,19,20). The van der Waals surface area contributed by atoms with Crippen LogP contribution >= 0.6 is 31.9 Å². The van der Waals surface area contributed by atoms with Gasteiger partial charge in [-0.05, 0) is 36.8 Å². The third kappa shape index (κ3) is 5.52. The largest absolute Gasteiger partial charge is 0.494 e. The highest BCUT2D eigenvalue weighted by molar-refractivity contribution is 9.11. The van der Waals surface area contributed by atoms with Gasteiger partial charge in [-0.2, -0.15) is 0 Å². The molecule has 2 aromatic carbocycles. The molecule has 0 aromatic heterocycles. The van der Waals surface area contributed by atoms with Crippen LogP contribution in [-0.4, -0.2) is 19.1 Å². The molecule has 0 bridgehead atoms. The van der Waals surface area contributed by atoms with Crippen LogP contribution in [0.5, 0.6) is 5.75 Å². The van der Waals surface area contributed by atoms with Gasteiger partial charge in [0.05, 0.1) is 6.61 Å². The van der Waals surface area contributed by atoms with Crippen molar-refractivity contribution in [1.29, 1.82) is 0 Å². The van der Waals surface area contributed by atoms with Crippen LogP contribution in [0.15, 0.2) is 57.5 Å². The summed E-state index contributed by atoms with van der Waals surface area (Å²) in [6, 6.07) is 15.1. The van der Waals surface area contributed by atoms with Gasteiger partial charge in [0.25, 0.3) is 5.91 Å². The van der Waals surface area contributed by atoms with Crippen LogP contribution in [0.1, 0.15) is 16.8 Å². The monoisotopic (exact) mass is 411 g/mol. The topological polar surface area (TPSA) is 38.3 Å². The number of benzene rings is 2. The van der Waals surface area contributed by atoms with Crippen molar-refractivity contribution in [2.75, 3.05) is 13.2 Å². The summed E-state index contributed by atoms with van der Waals surface area (Å²) in [6.45, 7) is 1.16. The van der Waals surface area contributed by atoms with Crippen LogP contribution in [0.25, 0.3) is 0 Å². The maximum Gasteiger partial charge on any atom is 0.251 e. The fourth-order valence-electron chi connectivity index (χ4n) is 1.77. The highest BCUT2D eigenvalue weighted by atomic mass is 79.9. The number of carbonyl (C=O) groups excluding carboxylic acids is 1. The molecule has 21 heavy (non-hydrogen) atoms. The predicted molar refractivity (Wildman–Crippen MR) is 90.7 cm³/mol. The van der Waals surface area contributed by atoms with E-state index in [0.29, 0.717) is 18.7 Å². The predicted octanol–water partition coefficient (Wildman–Crippen LogP) is 4.41. The van der Waals surface area contributed by atoms with E-state index in [4.69, 9.17) is 4.74 Å². The number of para-hydroxylation sites is 1. The molecule has 0 aliphatic carbocycles. The molecule has 0 radical (unpaired) electrons. The molecule has 0 unspecified atom stereocenters. The summed E-state index contributed by atoms with van der Waals surface area (Å²) in [5.74, 6) is 0.761. The van der Waals surface area contributed by atoms with Crippen molar-refractivity contribution in [3.8, 4) is 5.75 Å². The first-order valence-corrected chi connectivity index (χ1v) is 8.16. The summed E-state index contributed by atoms with van der Waals surface area (Å²) in [5.41, 5.74) is 0.625. The van der Waals surface area contributed by atoms with Crippen LogP contribution < -0.4 is 10.1 Å². The Balaban J connectivity index is 1.72. The quantitative estimate of drug-likeness (QED) is 0.713. The second-order valence-electron chi connectivity index (χ2n) is 4.43. The number of halogens is 2. The fourth-order valence-corrected chi connectivity index (χ4v) is 3.06. The van der Waals surface area contributed by atoms with E-state index in [0.717, 1.165) is 21.1 Å². The molecule has 0 aliphatic rings. The van der Waals surface area contributed by atoms with Gasteiger partial charge in [0.2, 0.25) is 0 Å². The van der Waals surface area contributed by atoms with Gasteiger partial charge in [-0.3, -0.25) is 4.79 Å². The van der Waals surface area contributed by atoms with Crippen molar-refractivity contribution in [2.45, 2.75) is 6.42 Å². The average molecular weight is 413 g/mol. The number of ether oxygens (including phenoxy) is 1. The van der Waals surface area contributed by atoms with E-state index in [1.54, 1.807) is 12.1 Å². The average Bonchev–Trinajstić information content (AvgIpc) is 2.47. The molecule has 0 heterocycles. The zero-order valence-corrected chi connectivity index (χ0v) is 14.5. The summed E-state index contributed by atoms with van der Waals surface area (Å²) in [7, 11) is 0. The molecule has 5 heteroatoms. The van der Waals surface area contributed by atoms with Gasteiger partial charge < -0.3 is 10.1 Å². The third-order valence-corrected chi connectivity index (χ3v) is 3.66. The molecule has 0 spiro atoms. The normalized spacial score (nSPS) is 10.2. The SMILES string of the molecule is O=C(NCCCOc1ccccc1)c1cc(Br)cc(Br)c1. The van der Waals surface area contributed by atoms with Crippen molar-refractivity contribution in [1.82, 2.24) is 5.32 Å². The van der Waals surface area contributed by atoms with E-state index in [2.05, 4.69) is 37.2 Å². The van der Waals surface area contributed by atoms with E-state index in [-0.39, 0.29) is 5.91 Å². The molecule has 0 saturated carbocycles. The molecule has 0 fully saturated rings. The number of amides is 1. The summed E-state index contributed by atoms with van der Waals surface area (Å²) >= 11 is 6.74. The number of hydrogen-bond donors (Lipinski definition) is 1. The minimum atomic E-state index is -0.0864. The first-order valence-electron chi connectivity index (χ1n) is 6.57. The van der Waals surface area contributed by atoms with Gasteiger partial charge in [0.1, 0.15) is 5.75 Å². The second-order valence-corrected chi connectivity index (χ2v) is 6.26. The number of carbonyl (C=O) groups is 1. The Labute approximate surface area is 141 Å². The minimum Gasteiger partial charge on any atom is -0.494 e. The van der Waals surface area contributed by atoms with Gasteiger partial charge >= 0.3 is 0 Å². The lowest BCUT2D eigenvalue weighted by atomic mass is 10.2. The van der Waals surface area contributed by atoms with E-state index in [1.807, 2.05) is 36.4 Å². The maximum atomic E-state index is 12.0. The van der Waals surface area contributed by atoms with E-state index >= 15 is 0 Å². The molecule has 0 atom stereocenters. The first-order chi connectivity index (χ1) is 10.1. The van der Waals surface area contributed by atoms with Crippen LogP contribution in [-0.2, 0) is 0 Å². The third-order valence-electron chi connectivity index (χ3n) is 2.74. The summed E-state index contributed by atoms with van der Waals surface area (Å²) in [5, 5.41) is 2.88. The van der Waals surface area contributed by atoms with Gasteiger partial charge in [-0.1, -0.05) is 50.1 Å². The Morgan fingerprint density at radius 3 is 2.38 bits per heavy atom. The second kappa shape index (κ2) is 8.20. The Kier molecular flexibility index (Phi) is 6.26. The van der Waals surface area contributed by atoms with Crippen LogP contribution in [0.2, 0.25) is 0 Å². The molecule has 2 rings (SSSR count). The van der Waals surface area contributed by atoms with E-state index in [1.165, 1.54) is 0 Å². The van der Waals surface area contributed by atoms with Gasteiger partial charge in [-0.25, -0.2) is 0 Å². The lowest BCUT2D eigenvalue weighted by Gasteiger charge is -2.08. The molecule has 2 aromatic rings. The highest BCUT2D eigenvalue weighted by Gasteiger charge is 2.06. The van der Waals surface area contributed by atoms with Crippen LogP contribution in [0, 0.1) is 0 Å². The van der Waals surface area contributed by atoms with Gasteiger partial charge in [0, 0.05) is 21.1 Å². The van der Waals surface area contributed by atoms with Crippen molar-refractivity contribution >= 4 is 37.8 Å². The van der Waals surface area contributed by atoms with E-state index in [9.17, 15) is 4.79 Å². The molecule has 3 nitrogen and oxygen atoms in total. The first kappa shape index (κ1) is 16.0. The zero-order valence-electron chi connectivity index (χ0n) is 11.3. The highest BCUT2D eigenvalue weighted by Crippen LogP contribution is 2.20. The van der Waals surface area contributed by atoms with Gasteiger partial charge in [-0.15, -0.1) is 0 Å². The van der Waals surface area contributed by atoms with Gasteiger partial charge in [0.15, 0.2) is 0 Å². The van der Waals surface area contributed by atoms with Crippen molar-refractivity contribution < 1.29 is 9.53 Å². The lowest BCUT2D eigenvalue weighted by Crippen LogP contribution is -2.25. The Hall–Kier alpha value is -1.33. The molecular formula is C16H15Br2NO2. The molecule has 1 amide bonds. The molecular weight excluding hydrogens is 398 g/mol. The summed E-state index contributed by atoms with van der Waals surface area (Å²) in [4.78, 5) is 12.0. The Morgan fingerprint density at radius 1 is 1.05 bits per heavy atom. The van der Waals surface area contributed by atoms with Crippen molar-refractivity contribution in [3.63, 3.8) is 0 Å². The van der Waals surface area contributed by atoms with Crippen molar-refractivity contribution in [3.05, 3.63) is 63.0 Å². The van der Waals surface area contributed by atoms with Crippen LogP contribution in [0.3, 0.4) is 0 Å². The Morgan fingerprint density at radius 2 is 1.71 bits per heavy atom. The fraction of sp³-hybridized carbons (Fsp3) is 0.188. The molecule has 110 valence electrons.